The van der Waals surface area contributed by atoms with E-state index in [-0.39, 0.29) is 18.5 Å². The first kappa shape index (κ1) is 81.1. The van der Waals surface area contributed by atoms with Crippen molar-refractivity contribution in [2.45, 2.75) is 431 Å². The Labute approximate surface area is 519 Å². The van der Waals surface area contributed by atoms with Gasteiger partial charge in [-0.2, -0.15) is 0 Å². The first-order valence-corrected chi connectivity index (χ1v) is 37.7. The summed E-state index contributed by atoms with van der Waals surface area (Å²) < 4.78 is 5.50. The van der Waals surface area contributed by atoms with Crippen LogP contribution in [0.4, 0.5) is 0 Å². The molecule has 490 valence electrons. The summed E-state index contributed by atoms with van der Waals surface area (Å²) in [5, 5.41) is 23.4. The van der Waals surface area contributed by atoms with Gasteiger partial charge in [0.2, 0.25) is 5.91 Å². The number of unbranched alkanes of at least 4 members (excludes halogenated alkanes) is 54. The zero-order chi connectivity index (χ0) is 59.9. The zero-order valence-electron chi connectivity index (χ0n) is 56.2. The summed E-state index contributed by atoms with van der Waals surface area (Å²) in [7, 11) is 0. The van der Waals surface area contributed by atoms with Crippen molar-refractivity contribution in [2.24, 2.45) is 0 Å². The van der Waals surface area contributed by atoms with Crippen molar-refractivity contribution in [3.8, 4) is 0 Å². The molecule has 0 radical (unpaired) electrons. The second-order valence-electron chi connectivity index (χ2n) is 26.0. The number of amides is 1. The molecule has 6 heteroatoms. The molecule has 3 N–H and O–H groups in total. The number of aliphatic hydroxyl groups is 2. The van der Waals surface area contributed by atoms with Crippen LogP contribution in [0, 0.1) is 0 Å². The number of rotatable bonds is 71. The maximum atomic E-state index is 12.5. The monoisotopic (exact) mass is 1170 g/mol. The van der Waals surface area contributed by atoms with E-state index >= 15 is 0 Å². The molecule has 0 fully saturated rings. The molecule has 0 heterocycles. The van der Waals surface area contributed by atoms with Crippen molar-refractivity contribution in [1.29, 1.82) is 0 Å². The maximum absolute atomic E-state index is 12.5. The first-order valence-electron chi connectivity index (χ1n) is 37.7. The van der Waals surface area contributed by atoms with Crippen LogP contribution < -0.4 is 5.32 Å². The standard InChI is InChI=1S/C77H147NO5/c1-3-5-7-9-11-13-15-17-19-37-41-45-49-53-57-61-65-69-75(80)74(73-79)78-76(81)70-66-62-58-54-50-46-42-39-35-33-31-29-27-25-23-21-22-24-26-28-30-32-34-36-40-44-48-52-56-60-64-68-72-83-77(82)71-67-63-59-55-51-47-43-38-20-18-16-14-12-10-8-6-4-2/h12,14,18,20,24,26,74-75,79-80H,3-11,13,15-17,19,21-23,25,27-73H2,1-2H3,(H,78,81)/b14-12-,20-18-,26-24-. The smallest absolute Gasteiger partial charge is 0.305 e. The molecule has 0 saturated heterocycles. The summed E-state index contributed by atoms with van der Waals surface area (Å²) in [6, 6.07) is -0.540. The predicted octanol–water partition coefficient (Wildman–Crippen LogP) is 24.7. The summed E-state index contributed by atoms with van der Waals surface area (Å²) in [5.74, 6) is -0.0177. The Balaban J connectivity index is 3.35. The Kier molecular flexibility index (Phi) is 70.9. The predicted molar refractivity (Wildman–Crippen MR) is 366 cm³/mol. The van der Waals surface area contributed by atoms with Crippen LogP contribution in [0.2, 0.25) is 0 Å². The number of aliphatic hydroxyl groups excluding tert-OH is 2. The SMILES string of the molecule is CCCCC/C=C\C/C=C\CCCCCCCCCC(=O)OCCCCCCCCCCCCCC/C=C\CCCCCCCCCCCCCCCCCCC(=O)NC(CO)C(O)CCCCCCCCCCCCCCCCCCC. The molecule has 2 unspecified atom stereocenters. The van der Waals surface area contributed by atoms with E-state index in [0.717, 1.165) is 51.4 Å². The van der Waals surface area contributed by atoms with Crippen molar-refractivity contribution < 1.29 is 24.5 Å². The summed E-state index contributed by atoms with van der Waals surface area (Å²) in [6.07, 6.45) is 93.6. The number of esters is 1. The normalized spacial score (nSPS) is 12.7. The van der Waals surface area contributed by atoms with Crippen LogP contribution in [-0.2, 0) is 14.3 Å². The topological polar surface area (TPSA) is 95.9 Å². The van der Waals surface area contributed by atoms with Crippen LogP contribution in [-0.4, -0.2) is 47.4 Å². The van der Waals surface area contributed by atoms with Gasteiger partial charge in [0, 0.05) is 12.8 Å². The molecule has 0 aliphatic rings. The van der Waals surface area contributed by atoms with Gasteiger partial charge in [-0.1, -0.05) is 359 Å². The van der Waals surface area contributed by atoms with Gasteiger partial charge >= 0.3 is 5.97 Å². The number of ether oxygens (including phenoxy) is 1. The molecule has 0 aliphatic heterocycles. The van der Waals surface area contributed by atoms with E-state index in [2.05, 4.69) is 55.6 Å². The fourth-order valence-electron chi connectivity index (χ4n) is 11.9. The number of allylic oxidation sites excluding steroid dienone is 6. The summed E-state index contributed by atoms with van der Waals surface area (Å²) in [6.45, 7) is 4.96. The van der Waals surface area contributed by atoms with E-state index in [9.17, 15) is 19.8 Å². The molecule has 0 aromatic rings. The highest BCUT2D eigenvalue weighted by molar-refractivity contribution is 5.76. The van der Waals surface area contributed by atoms with E-state index in [1.807, 2.05) is 0 Å². The summed E-state index contributed by atoms with van der Waals surface area (Å²) in [4.78, 5) is 24.6. The fourth-order valence-corrected chi connectivity index (χ4v) is 11.9. The third kappa shape index (κ3) is 69.1. The third-order valence-corrected chi connectivity index (χ3v) is 17.7. The Morgan fingerprint density at radius 2 is 0.602 bits per heavy atom. The molecule has 0 aromatic carbocycles. The van der Waals surface area contributed by atoms with E-state index in [0.29, 0.717) is 25.9 Å². The van der Waals surface area contributed by atoms with Gasteiger partial charge in [-0.15, -0.1) is 0 Å². The number of hydrogen-bond donors (Lipinski definition) is 3. The van der Waals surface area contributed by atoms with E-state index in [1.165, 1.54) is 334 Å². The molecular formula is C77H147NO5. The number of hydrogen-bond acceptors (Lipinski definition) is 5. The highest BCUT2D eigenvalue weighted by atomic mass is 16.5. The van der Waals surface area contributed by atoms with Gasteiger partial charge in [0.15, 0.2) is 0 Å². The molecule has 0 rings (SSSR count). The largest absolute Gasteiger partial charge is 0.466 e. The third-order valence-electron chi connectivity index (χ3n) is 17.7. The lowest BCUT2D eigenvalue weighted by Gasteiger charge is -2.22. The van der Waals surface area contributed by atoms with Crippen molar-refractivity contribution in [2.75, 3.05) is 13.2 Å². The Hall–Kier alpha value is -1.92. The molecule has 6 nitrogen and oxygen atoms in total. The van der Waals surface area contributed by atoms with Gasteiger partial charge in [-0.05, 0) is 83.5 Å². The number of nitrogens with one attached hydrogen (secondary N) is 1. The second kappa shape index (κ2) is 72.6. The Morgan fingerprint density at radius 1 is 0.337 bits per heavy atom. The van der Waals surface area contributed by atoms with E-state index in [4.69, 9.17) is 4.74 Å². The van der Waals surface area contributed by atoms with E-state index in [1.54, 1.807) is 0 Å². The van der Waals surface area contributed by atoms with Crippen molar-refractivity contribution >= 4 is 11.9 Å². The molecule has 1 amide bonds. The Morgan fingerprint density at radius 3 is 0.952 bits per heavy atom. The lowest BCUT2D eigenvalue weighted by molar-refractivity contribution is -0.143. The zero-order valence-corrected chi connectivity index (χ0v) is 56.2. The van der Waals surface area contributed by atoms with Gasteiger partial charge in [-0.25, -0.2) is 0 Å². The van der Waals surface area contributed by atoms with Crippen LogP contribution >= 0.6 is 0 Å². The van der Waals surface area contributed by atoms with Crippen molar-refractivity contribution in [3.63, 3.8) is 0 Å². The average Bonchev–Trinajstić information content (AvgIpc) is 3.49. The van der Waals surface area contributed by atoms with Crippen LogP contribution in [0.1, 0.15) is 418 Å². The average molecular weight is 1170 g/mol. The highest BCUT2D eigenvalue weighted by Crippen LogP contribution is 2.19. The molecule has 0 saturated carbocycles. The highest BCUT2D eigenvalue weighted by Gasteiger charge is 2.20. The lowest BCUT2D eigenvalue weighted by Crippen LogP contribution is -2.45. The molecule has 0 spiro atoms. The van der Waals surface area contributed by atoms with Crippen molar-refractivity contribution in [3.05, 3.63) is 36.5 Å². The van der Waals surface area contributed by atoms with Gasteiger partial charge in [-0.3, -0.25) is 9.59 Å². The Bertz CT molecular complexity index is 1340. The molecule has 83 heavy (non-hydrogen) atoms. The van der Waals surface area contributed by atoms with Crippen LogP contribution in [0.15, 0.2) is 36.5 Å². The quantitative estimate of drug-likeness (QED) is 0.0320. The molecule has 0 aliphatic carbocycles. The number of carbonyl (C=O) groups is 2. The minimum Gasteiger partial charge on any atom is -0.466 e. The first-order chi connectivity index (χ1) is 41.0. The second-order valence-corrected chi connectivity index (χ2v) is 26.0. The maximum Gasteiger partial charge on any atom is 0.305 e. The minimum absolute atomic E-state index is 0.0110. The van der Waals surface area contributed by atoms with E-state index < -0.39 is 12.1 Å². The lowest BCUT2D eigenvalue weighted by atomic mass is 10.0. The van der Waals surface area contributed by atoms with Crippen molar-refractivity contribution in [1.82, 2.24) is 5.32 Å². The summed E-state index contributed by atoms with van der Waals surface area (Å²) in [5.41, 5.74) is 0. The molecular weight excluding hydrogens is 1020 g/mol. The minimum atomic E-state index is -0.663. The molecule has 2 atom stereocenters. The molecule has 0 bridgehead atoms. The molecule has 0 aromatic heterocycles. The van der Waals surface area contributed by atoms with Gasteiger partial charge < -0.3 is 20.3 Å². The fraction of sp³-hybridized carbons (Fsp3) is 0.896. The van der Waals surface area contributed by atoms with Gasteiger partial charge in [0.25, 0.3) is 0 Å². The van der Waals surface area contributed by atoms with Gasteiger partial charge in [0.05, 0.1) is 25.4 Å². The van der Waals surface area contributed by atoms with Crippen LogP contribution in [0.5, 0.6) is 0 Å². The van der Waals surface area contributed by atoms with Crippen LogP contribution in [0.25, 0.3) is 0 Å². The summed E-state index contributed by atoms with van der Waals surface area (Å²) >= 11 is 0. The van der Waals surface area contributed by atoms with Gasteiger partial charge in [0.1, 0.15) is 0 Å². The van der Waals surface area contributed by atoms with Crippen LogP contribution in [0.3, 0.4) is 0 Å². The number of carbonyl (C=O) groups excluding carboxylic acids is 2.